The predicted molar refractivity (Wildman–Crippen MR) is 94.2 cm³/mol. The fraction of sp³-hybridized carbons (Fsp3) is 0.389. The molecule has 0 aliphatic heterocycles. The number of amides is 1. The predicted octanol–water partition coefficient (Wildman–Crippen LogP) is 3.21. The van der Waals surface area contributed by atoms with E-state index < -0.39 is 5.97 Å². The van der Waals surface area contributed by atoms with Gasteiger partial charge in [0.05, 0.1) is 22.9 Å². The van der Waals surface area contributed by atoms with Gasteiger partial charge in [-0.1, -0.05) is 29.8 Å². The van der Waals surface area contributed by atoms with Crippen LogP contribution in [0.5, 0.6) is 0 Å². The van der Waals surface area contributed by atoms with Crippen LogP contribution in [0.1, 0.15) is 41.7 Å². The van der Waals surface area contributed by atoms with Crippen molar-refractivity contribution in [1.82, 2.24) is 15.1 Å². The van der Waals surface area contributed by atoms with Crippen LogP contribution in [0, 0.1) is 12.8 Å². The van der Waals surface area contributed by atoms with Gasteiger partial charge in [-0.2, -0.15) is 5.10 Å². The van der Waals surface area contributed by atoms with Crippen LogP contribution in [0.25, 0.3) is 5.69 Å². The van der Waals surface area contributed by atoms with Crippen LogP contribution in [-0.2, 0) is 4.79 Å². The second-order valence-electron chi connectivity index (χ2n) is 6.36. The molecule has 6 nitrogen and oxygen atoms in total. The molecule has 1 aromatic heterocycles. The minimum absolute atomic E-state index is 0.0290. The van der Waals surface area contributed by atoms with Gasteiger partial charge in [0.25, 0.3) is 5.91 Å². The smallest absolute Gasteiger partial charge is 0.306 e. The lowest BCUT2D eigenvalue weighted by Crippen LogP contribution is -2.39. The number of rotatable bonds is 4. The van der Waals surface area contributed by atoms with E-state index in [0.29, 0.717) is 36.9 Å². The third kappa shape index (κ3) is 3.69. The standard InChI is InChI=1S/C18H20ClN3O3/c1-11-15(16(19)22(21-11)14-5-3-2-4-6-14)17(23)20-13-9-7-12(8-10-13)18(24)25/h2-6,12-13H,7-10H2,1H3,(H,20,23)(H,24,25). The van der Waals surface area contributed by atoms with Crippen molar-refractivity contribution in [2.45, 2.75) is 38.6 Å². The molecule has 0 unspecified atom stereocenters. The third-order valence-electron chi connectivity index (χ3n) is 4.64. The summed E-state index contributed by atoms with van der Waals surface area (Å²) in [5, 5.41) is 16.7. The summed E-state index contributed by atoms with van der Waals surface area (Å²) in [6.45, 7) is 1.75. The van der Waals surface area contributed by atoms with Crippen molar-refractivity contribution in [3.05, 3.63) is 46.7 Å². The maximum Gasteiger partial charge on any atom is 0.306 e. The highest BCUT2D eigenvalue weighted by atomic mass is 35.5. The van der Waals surface area contributed by atoms with E-state index in [1.807, 2.05) is 30.3 Å². The number of hydrogen-bond donors (Lipinski definition) is 2. The normalized spacial score (nSPS) is 20.2. The summed E-state index contributed by atoms with van der Waals surface area (Å²) in [6.07, 6.45) is 2.48. The maximum absolute atomic E-state index is 12.6. The van der Waals surface area contributed by atoms with Crippen molar-refractivity contribution in [1.29, 1.82) is 0 Å². The average Bonchev–Trinajstić information content (AvgIpc) is 2.90. The third-order valence-corrected chi connectivity index (χ3v) is 4.99. The lowest BCUT2D eigenvalue weighted by atomic mass is 9.86. The van der Waals surface area contributed by atoms with Crippen LogP contribution in [0.4, 0.5) is 0 Å². The molecule has 0 radical (unpaired) electrons. The summed E-state index contributed by atoms with van der Waals surface area (Å²) < 4.78 is 1.55. The van der Waals surface area contributed by atoms with E-state index in [-0.39, 0.29) is 23.0 Å². The summed E-state index contributed by atoms with van der Waals surface area (Å²) in [5.74, 6) is -1.32. The van der Waals surface area contributed by atoms with Crippen molar-refractivity contribution < 1.29 is 14.7 Å². The highest BCUT2D eigenvalue weighted by molar-refractivity contribution is 6.33. The molecule has 1 fully saturated rings. The molecule has 2 aromatic rings. The van der Waals surface area contributed by atoms with Gasteiger partial charge in [0, 0.05) is 6.04 Å². The van der Waals surface area contributed by atoms with Crippen molar-refractivity contribution in [2.75, 3.05) is 0 Å². The zero-order valence-corrected chi connectivity index (χ0v) is 14.7. The highest BCUT2D eigenvalue weighted by Crippen LogP contribution is 2.27. The number of carboxylic acid groups (broad SMARTS) is 1. The van der Waals surface area contributed by atoms with Gasteiger partial charge in [-0.3, -0.25) is 9.59 Å². The minimum atomic E-state index is -0.757. The fourth-order valence-corrected chi connectivity index (χ4v) is 3.60. The van der Waals surface area contributed by atoms with Crippen molar-refractivity contribution in [3.63, 3.8) is 0 Å². The summed E-state index contributed by atoms with van der Waals surface area (Å²) in [5.41, 5.74) is 1.72. The number of carbonyl (C=O) groups excluding carboxylic acids is 1. The zero-order valence-electron chi connectivity index (χ0n) is 13.9. The highest BCUT2D eigenvalue weighted by Gasteiger charge is 2.28. The number of para-hydroxylation sites is 1. The van der Waals surface area contributed by atoms with Crippen molar-refractivity contribution >= 4 is 23.5 Å². The number of nitrogens with one attached hydrogen (secondary N) is 1. The molecule has 25 heavy (non-hydrogen) atoms. The Morgan fingerprint density at radius 2 is 1.84 bits per heavy atom. The maximum atomic E-state index is 12.6. The monoisotopic (exact) mass is 361 g/mol. The molecule has 0 saturated heterocycles. The molecule has 1 aliphatic rings. The van der Waals surface area contributed by atoms with Gasteiger partial charge in [0.2, 0.25) is 0 Å². The van der Waals surface area contributed by atoms with Gasteiger partial charge in [0.1, 0.15) is 5.15 Å². The lowest BCUT2D eigenvalue weighted by molar-refractivity contribution is -0.142. The van der Waals surface area contributed by atoms with Gasteiger partial charge >= 0.3 is 5.97 Å². The number of benzene rings is 1. The second kappa shape index (κ2) is 7.27. The van der Waals surface area contributed by atoms with E-state index in [2.05, 4.69) is 10.4 Å². The molecule has 1 saturated carbocycles. The number of aliphatic carboxylic acids is 1. The van der Waals surface area contributed by atoms with E-state index in [1.165, 1.54) is 0 Å². The summed E-state index contributed by atoms with van der Waals surface area (Å²) >= 11 is 6.40. The van der Waals surface area contributed by atoms with Gasteiger partial charge < -0.3 is 10.4 Å². The zero-order chi connectivity index (χ0) is 18.0. The number of carbonyl (C=O) groups is 2. The van der Waals surface area contributed by atoms with Crippen molar-refractivity contribution in [2.24, 2.45) is 5.92 Å². The molecule has 0 bridgehead atoms. The van der Waals surface area contributed by atoms with E-state index in [4.69, 9.17) is 16.7 Å². The Bertz CT molecular complexity index is 780. The summed E-state index contributed by atoms with van der Waals surface area (Å²) in [4.78, 5) is 23.7. The first kappa shape index (κ1) is 17.5. The number of halogens is 1. The Kier molecular flexibility index (Phi) is 5.08. The second-order valence-corrected chi connectivity index (χ2v) is 6.72. The average molecular weight is 362 g/mol. The van der Waals surface area contributed by atoms with Crippen LogP contribution in [0.3, 0.4) is 0 Å². The summed E-state index contributed by atoms with van der Waals surface area (Å²) in [7, 11) is 0. The molecular weight excluding hydrogens is 342 g/mol. The Morgan fingerprint density at radius 1 is 1.20 bits per heavy atom. The largest absolute Gasteiger partial charge is 0.481 e. The number of aryl methyl sites for hydroxylation is 1. The van der Waals surface area contributed by atoms with Crippen LogP contribution in [0.15, 0.2) is 30.3 Å². The molecular formula is C18H20ClN3O3. The minimum Gasteiger partial charge on any atom is -0.481 e. The van der Waals surface area contributed by atoms with Gasteiger partial charge in [-0.05, 0) is 44.7 Å². The molecule has 3 rings (SSSR count). The van der Waals surface area contributed by atoms with Gasteiger partial charge in [-0.25, -0.2) is 4.68 Å². The Labute approximate surface area is 150 Å². The quantitative estimate of drug-likeness (QED) is 0.875. The lowest BCUT2D eigenvalue weighted by Gasteiger charge is -2.26. The number of aromatic nitrogens is 2. The molecule has 0 spiro atoms. The number of nitrogens with zero attached hydrogens (tertiary/aromatic N) is 2. The first-order valence-electron chi connectivity index (χ1n) is 8.31. The Balaban J connectivity index is 1.73. The molecule has 1 heterocycles. The first-order valence-corrected chi connectivity index (χ1v) is 8.69. The molecule has 2 N–H and O–H groups in total. The van der Waals surface area contributed by atoms with E-state index in [0.717, 1.165) is 5.69 Å². The van der Waals surface area contributed by atoms with Gasteiger partial charge in [0.15, 0.2) is 0 Å². The molecule has 7 heteroatoms. The van der Waals surface area contributed by atoms with Crippen LogP contribution in [-0.4, -0.2) is 32.8 Å². The van der Waals surface area contributed by atoms with Crippen LogP contribution in [0.2, 0.25) is 5.15 Å². The van der Waals surface area contributed by atoms with Crippen molar-refractivity contribution in [3.8, 4) is 5.69 Å². The molecule has 132 valence electrons. The number of hydrogen-bond acceptors (Lipinski definition) is 3. The molecule has 0 atom stereocenters. The molecule has 1 amide bonds. The first-order chi connectivity index (χ1) is 12.0. The molecule has 1 aromatic carbocycles. The summed E-state index contributed by atoms with van der Waals surface area (Å²) in [6, 6.07) is 9.36. The van der Waals surface area contributed by atoms with Gasteiger partial charge in [-0.15, -0.1) is 0 Å². The Morgan fingerprint density at radius 3 is 2.44 bits per heavy atom. The fourth-order valence-electron chi connectivity index (χ4n) is 3.24. The number of carboxylic acids is 1. The Hall–Kier alpha value is -2.34. The van der Waals surface area contributed by atoms with Crippen LogP contribution < -0.4 is 5.32 Å². The van der Waals surface area contributed by atoms with E-state index >= 15 is 0 Å². The topological polar surface area (TPSA) is 84.2 Å². The molecule has 1 aliphatic carbocycles. The van der Waals surface area contributed by atoms with Crippen LogP contribution >= 0.6 is 11.6 Å². The van der Waals surface area contributed by atoms with E-state index in [9.17, 15) is 9.59 Å². The SMILES string of the molecule is Cc1nn(-c2ccccc2)c(Cl)c1C(=O)NC1CCC(C(=O)O)CC1. The van der Waals surface area contributed by atoms with E-state index in [1.54, 1.807) is 11.6 Å².